The molecular formula is C12H15NO2. The van der Waals surface area contributed by atoms with Crippen molar-refractivity contribution < 1.29 is 9.47 Å². The highest BCUT2D eigenvalue weighted by Gasteiger charge is 1.94. The molecule has 3 nitrogen and oxygen atoms in total. The first kappa shape index (κ1) is 11.7. The van der Waals surface area contributed by atoms with E-state index >= 15 is 0 Å². The van der Waals surface area contributed by atoms with Crippen LogP contribution in [0.2, 0.25) is 0 Å². The maximum Gasteiger partial charge on any atom is 0.0991 e. The van der Waals surface area contributed by atoms with Crippen molar-refractivity contribution in [1.29, 1.82) is 5.26 Å². The largest absolute Gasteiger partial charge is 0.385 e. The van der Waals surface area contributed by atoms with Crippen LogP contribution in [0.3, 0.4) is 0 Å². The topological polar surface area (TPSA) is 42.2 Å². The summed E-state index contributed by atoms with van der Waals surface area (Å²) in [5.41, 5.74) is 1.77. The van der Waals surface area contributed by atoms with Gasteiger partial charge >= 0.3 is 0 Å². The highest BCUT2D eigenvalue weighted by Crippen LogP contribution is 2.04. The molecule has 15 heavy (non-hydrogen) atoms. The number of ether oxygens (including phenoxy) is 2. The highest BCUT2D eigenvalue weighted by atomic mass is 16.5. The highest BCUT2D eigenvalue weighted by molar-refractivity contribution is 5.31. The Labute approximate surface area is 90.2 Å². The lowest BCUT2D eigenvalue weighted by molar-refractivity contribution is 0.0928. The zero-order valence-corrected chi connectivity index (χ0v) is 8.90. The van der Waals surface area contributed by atoms with Crippen molar-refractivity contribution >= 4 is 0 Å². The number of hydrogen-bond donors (Lipinski definition) is 0. The number of nitrogens with zero attached hydrogens (tertiary/aromatic N) is 1. The molecule has 0 aromatic heterocycles. The Balaban J connectivity index is 2.23. The van der Waals surface area contributed by atoms with Gasteiger partial charge in [-0.2, -0.15) is 5.26 Å². The Morgan fingerprint density at radius 2 is 1.93 bits per heavy atom. The van der Waals surface area contributed by atoms with Crippen LogP contribution >= 0.6 is 0 Å². The summed E-state index contributed by atoms with van der Waals surface area (Å²) in [6.07, 6.45) is 0.910. The maximum absolute atomic E-state index is 8.61. The van der Waals surface area contributed by atoms with Crippen molar-refractivity contribution in [2.75, 3.05) is 20.3 Å². The molecule has 3 heteroatoms. The Morgan fingerprint density at radius 3 is 2.53 bits per heavy atom. The first-order valence-corrected chi connectivity index (χ1v) is 4.92. The lowest BCUT2D eigenvalue weighted by atomic mass is 10.2. The standard InChI is InChI=1S/C12H15NO2/c1-14-7-2-8-15-10-12-5-3-11(9-13)4-6-12/h3-6H,2,7-8,10H2,1H3. The zero-order chi connectivity index (χ0) is 10.9. The molecule has 0 saturated carbocycles. The molecule has 0 bridgehead atoms. The number of hydrogen-bond acceptors (Lipinski definition) is 3. The summed E-state index contributed by atoms with van der Waals surface area (Å²) in [6.45, 7) is 2.02. The number of nitriles is 1. The van der Waals surface area contributed by atoms with Crippen LogP contribution in [0.1, 0.15) is 17.5 Å². The fraction of sp³-hybridized carbons (Fsp3) is 0.417. The number of benzene rings is 1. The summed E-state index contributed by atoms with van der Waals surface area (Å²) >= 11 is 0. The van der Waals surface area contributed by atoms with Crippen LogP contribution in [0.25, 0.3) is 0 Å². The third kappa shape index (κ3) is 4.59. The van der Waals surface area contributed by atoms with Gasteiger partial charge in [0.05, 0.1) is 18.2 Å². The number of rotatable bonds is 6. The predicted octanol–water partition coefficient (Wildman–Crippen LogP) is 2.11. The SMILES string of the molecule is COCCCOCc1ccc(C#N)cc1. The van der Waals surface area contributed by atoms with Gasteiger partial charge in [-0.3, -0.25) is 0 Å². The van der Waals surface area contributed by atoms with Gasteiger partial charge in [-0.05, 0) is 24.1 Å². The summed E-state index contributed by atoms with van der Waals surface area (Å²) in [6, 6.07) is 9.50. The molecule has 1 aromatic rings. The number of methoxy groups -OCH3 is 1. The predicted molar refractivity (Wildman–Crippen MR) is 57.3 cm³/mol. The Hall–Kier alpha value is -1.37. The van der Waals surface area contributed by atoms with Crippen LogP contribution in [-0.4, -0.2) is 20.3 Å². The van der Waals surface area contributed by atoms with Crippen molar-refractivity contribution in [3.8, 4) is 6.07 Å². The molecule has 0 atom stereocenters. The second-order valence-electron chi connectivity index (χ2n) is 3.21. The monoisotopic (exact) mass is 205 g/mol. The summed E-state index contributed by atoms with van der Waals surface area (Å²) in [4.78, 5) is 0. The molecule has 0 N–H and O–H groups in total. The first-order chi connectivity index (χ1) is 7.36. The lowest BCUT2D eigenvalue weighted by Crippen LogP contribution is -1.99. The molecular weight excluding hydrogens is 190 g/mol. The third-order valence-corrected chi connectivity index (χ3v) is 1.99. The van der Waals surface area contributed by atoms with Crippen molar-refractivity contribution in [3.63, 3.8) is 0 Å². The molecule has 0 amide bonds. The Bertz CT molecular complexity index is 313. The Morgan fingerprint density at radius 1 is 1.20 bits per heavy atom. The fourth-order valence-corrected chi connectivity index (χ4v) is 1.17. The van der Waals surface area contributed by atoms with Crippen LogP contribution < -0.4 is 0 Å². The minimum absolute atomic E-state index is 0.593. The van der Waals surface area contributed by atoms with E-state index in [2.05, 4.69) is 6.07 Å². The fourth-order valence-electron chi connectivity index (χ4n) is 1.17. The van der Waals surface area contributed by atoms with Gasteiger partial charge in [0, 0.05) is 20.3 Å². The summed E-state index contributed by atoms with van der Waals surface area (Å²) < 4.78 is 10.3. The average molecular weight is 205 g/mol. The molecule has 0 radical (unpaired) electrons. The molecule has 1 aromatic carbocycles. The van der Waals surface area contributed by atoms with Crippen LogP contribution in [0.4, 0.5) is 0 Å². The van der Waals surface area contributed by atoms with E-state index in [-0.39, 0.29) is 0 Å². The van der Waals surface area contributed by atoms with E-state index in [9.17, 15) is 0 Å². The second-order valence-corrected chi connectivity index (χ2v) is 3.21. The van der Waals surface area contributed by atoms with Crippen molar-refractivity contribution in [2.24, 2.45) is 0 Å². The van der Waals surface area contributed by atoms with Crippen LogP contribution in [-0.2, 0) is 16.1 Å². The summed E-state index contributed by atoms with van der Waals surface area (Å²) in [5, 5.41) is 8.61. The van der Waals surface area contributed by atoms with Crippen molar-refractivity contribution in [1.82, 2.24) is 0 Å². The molecule has 0 aliphatic heterocycles. The van der Waals surface area contributed by atoms with E-state index < -0.39 is 0 Å². The van der Waals surface area contributed by atoms with Gasteiger partial charge in [0.1, 0.15) is 0 Å². The molecule has 1 rings (SSSR count). The van der Waals surface area contributed by atoms with E-state index in [1.807, 2.05) is 12.1 Å². The van der Waals surface area contributed by atoms with E-state index in [1.165, 1.54) is 0 Å². The van der Waals surface area contributed by atoms with Gasteiger partial charge in [-0.1, -0.05) is 12.1 Å². The van der Waals surface area contributed by atoms with E-state index in [0.717, 1.165) is 18.6 Å². The molecule has 0 heterocycles. The third-order valence-electron chi connectivity index (χ3n) is 1.99. The van der Waals surface area contributed by atoms with Gasteiger partial charge < -0.3 is 9.47 Å². The van der Waals surface area contributed by atoms with Gasteiger partial charge in [0.15, 0.2) is 0 Å². The molecule has 0 aliphatic rings. The first-order valence-electron chi connectivity index (χ1n) is 4.92. The van der Waals surface area contributed by atoms with Crippen LogP contribution in [0, 0.1) is 11.3 Å². The molecule has 0 spiro atoms. The van der Waals surface area contributed by atoms with Crippen LogP contribution in [0.5, 0.6) is 0 Å². The second kappa shape index (κ2) is 6.99. The normalized spacial score (nSPS) is 9.87. The van der Waals surface area contributed by atoms with Gasteiger partial charge in [-0.25, -0.2) is 0 Å². The van der Waals surface area contributed by atoms with Gasteiger partial charge in [0.25, 0.3) is 0 Å². The quantitative estimate of drug-likeness (QED) is 0.668. The Kier molecular flexibility index (Phi) is 5.46. The van der Waals surface area contributed by atoms with Crippen molar-refractivity contribution in [3.05, 3.63) is 35.4 Å². The maximum atomic E-state index is 8.61. The minimum atomic E-state index is 0.593. The van der Waals surface area contributed by atoms with E-state index in [1.54, 1.807) is 19.2 Å². The lowest BCUT2D eigenvalue weighted by Gasteiger charge is -2.03. The van der Waals surface area contributed by atoms with Gasteiger partial charge in [-0.15, -0.1) is 0 Å². The van der Waals surface area contributed by atoms with E-state index in [0.29, 0.717) is 18.8 Å². The smallest absolute Gasteiger partial charge is 0.0991 e. The molecule has 0 fully saturated rings. The van der Waals surface area contributed by atoms with Crippen molar-refractivity contribution in [2.45, 2.75) is 13.0 Å². The molecule has 0 aliphatic carbocycles. The van der Waals surface area contributed by atoms with E-state index in [4.69, 9.17) is 14.7 Å². The average Bonchev–Trinajstić information content (AvgIpc) is 2.30. The summed E-state index contributed by atoms with van der Waals surface area (Å²) in [7, 11) is 1.68. The zero-order valence-electron chi connectivity index (χ0n) is 8.90. The van der Waals surface area contributed by atoms with Crippen LogP contribution in [0.15, 0.2) is 24.3 Å². The van der Waals surface area contributed by atoms with Gasteiger partial charge in [0.2, 0.25) is 0 Å². The molecule has 0 saturated heterocycles. The molecule has 0 unspecified atom stereocenters. The molecule has 80 valence electrons. The summed E-state index contributed by atoms with van der Waals surface area (Å²) in [5.74, 6) is 0. The minimum Gasteiger partial charge on any atom is -0.385 e.